The number of aromatic nitrogens is 2. The summed E-state index contributed by atoms with van der Waals surface area (Å²) in [5.74, 6) is 0. The van der Waals surface area contributed by atoms with Crippen LogP contribution in [0.4, 0.5) is 0 Å². The van der Waals surface area contributed by atoms with Crippen LogP contribution in [0.25, 0.3) is 11.3 Å². The van der Waals surface area contributed by atoms with Gasteiger partial charge >= 0.3 is 0 Å². The molecule has 0 aliphatic rings. The average Bonchev–Trinajstić information content (AvgIpc) is 2.51. The van der Waals surface area contributed by atoms with Crippen LogP contribution in [0.1, 0.15) is 16.7 Å². The molecule has 1 aromatic heterocycles. The van der Waals surface area contributed by atoms with Crippen LogP contribution < -0.4 is 0 Å². The predicted molar refractivity (Wildman–Crippen MR) is 81.5 cm³/mol. The van der Waals surface area contributed by atoms with E-state index in [-0.39, 0.29) is 0 Å². The Morgan fingerprint density at radius 2 is 1.75 bits per heavy atom. The van der Waals surface area contributed by atoms with Crippen molar-refractivity contribution in [3.8, 4) is 11.3 Å². The monoisotopic (exact) mass is 260 g/mol. The molecule has 2 nitrogen and oxygen atoms in total. The van der Waals surface area contributed by atoms with Gasteiger partial charge in [0, 0.05) is 11.8 Å². The summed E-state index contributed by atoms with van der Waals surface area (Å²) in [6, 6.07) is 18.9. The quantitative estimate of drug-likeness (QED) is 0.710. The highest BCUT2D eigenvalue weighted by Gasteiger charge is 2.07. The smallest absolute Gasteiger partial charge is 0.116 e. The Bertz CT molecular complexity index is 691. The molecule has 0 radical (unpaired) electrons. The summed E-state index contributed by atoms with van der Waals surface area (Å²) in [6.07, 6.45) is 4.33. The van der Waals surface area contributed by atoms with Gasteiger partial charge in [0.1, 0.15) is 6.33 Å². The fourth-order valence-electron chi connectivity index (χ4n) is 2.42. The molecule has 0 N–H and O–H groups in total. The van der Waals surface area contributed by atoms with Gasteiger partial charge in [-0.05, 0) is 36.1 Å². The van der Waals surface area contributed by atoms with Crippen molar-refractivity contribution in [1.29, 1.82) is 0 Å². The van der Waals surface area contributed by atoms with Gasteiger partial charge in [0.05, 0.1) is 5.69 Å². The zero-order valence-corrected chi connectivity index (χ0v) is 11.5. The SMILES string of the molecule is Cc1c(Cc2ccccc2)cccc1-c1ccncn1. The molecular formula is C18H16N2. The van der Waals surface area contributed by atoms with Gasteiger partial charge in [-0.3, -0.25) is 0 Å². The van der Waals surface area contributed by atoms with Crippen LogP contribution in [-0.2, 0) is 6.42 Å². The molecule has 0 saturated carbocycles. The maximum Gasteiger partial charge on any atom is 0.116 e. The maximum absolute atomic E-state index is 4.35. The minimum absolute atomic E-state index is 0.950. The minimum Gasteiger partial charge on any atom is -0.245 e. The van der Waals surface area contributed by atoms with Gasteiger partial charge in [-0.15, -0.1) is 0 Å². The Morgan fingerprint density at radius 3 is 2.50 bits per heavy atom. The Balaban J connectivity index is 1.98. The number of hydrogen-bond donors (Lipinski definition) is 0. The zero-order chi connectivity index (χ0) is 13.8. The Labute approximate surface area is 119 Å². The van der Waals surface area contributed by atoms with Gasteiger partial charge in [0.2, 0.25) is 0 Å². The first-order valence-electron chi connectivity index (χ1n) is 6.73. The molecule has 0 fully saturated rings. The Hall–Kier alpha value is -2.48. The Kier molecular flexibility index (Phi) is 3.55. The van der Waals surface area contributed by atoms with Crippen molar-refractivity contribution in [3.05, 3.63) is 83.8 Å². The van der Waals surface area contributed by atoms with E-state index in [1.807, 2.05) is 12.1 Å². The molecule has 0 aliphatic carbocycles. The number of rotatable bonds is 3. The molecule has 0 saturated heterocycles. The summed E-state index contributed by atoms with van der Waals surface area (Å²) in [5.41, 5.74) is 6.12. The van der Waals surface area contributed by atoms with Crippen LogP contribution in [0.15, 0.2) is 67.1 Å². The lowest BCUT2D eigenvalue weighted by atomic mass is 9.95. The summed E-state index contributed by atoms with van der Waals surface area (Å²) in [4.78, 5) is 8.33. The largest absolute Gasteiger partial charge is 0.245 e. The fraction of sp³-hybridized carbons (Fsp3) is 0.111. The van der Waals surface area contributed by atoms with Crippen molar-refractivity contribution in [2.24, 2.45) is 0 Å². The van der Waals surface area contributed by atoms with Gasteiger partial charge < -0.3 is 0 Å². The van der Waals surface area contributed by atoms with Crippen molar-refractivity contribution in [2.75, 3.05) is 0 Å². The van der Waals surface area contributed by atoms with Gasteiger partial charge in [0.25, 0.3) is 0 Å². The van der Waals surface area contributed by atoms with E-state index in [0.717, 1.165) is 12.1 Å². The van der Waals surface area contributed by atoms with Gasteiger partial charge in [0.15, 0.2) is 0 Å². The van der Waals surface area contributed by atoms with E-state index in [2.05, 4.69) is 59.4 Å². The van der Waals surface area contributed by atoms with Gasteiger partial charge in [-0.2, -0.15) is 0 Å². The van der Waals surface area contributed by atoms with Crippen molar-refractivity contribution < 1.29 is 0 Å². The van der Waals surface area contributed by atoms with E-state index in [4.69, 9.17) is 0 Å². The first-order chi connectivity index (χ1) is 9.84. The van der Waals surface area contributed by atoms with E-state index >= 15 is 0 Å². The molecular weight excluding hydrogens is 244 g/mol. The van der Waals surface area contributed by atoms with E-state index < -0.39 is 0 Å². The van der Waals surface area contributed by atoms with Crippen LogP contribution in [0.5, 0.6) is 0 Å². The molecule has 0 spiro atoms. The highest BCUT2D eigenvalue weighted by molar-refractivity contribution is 5.64. The topological polar surface area (TPSA) is 25.8 Å². The van der Waals surface area contributed by atoms with Crippen molar-refractivity contribution in [3.63, 3.8) is 0 Å². The molecule has 20 heavy (non-hydrogen) atoms. The zero-order valence-electron chi connectivity index (χ0n) is 11.5. The lowest BCUT2D eigenvalue weighted by molar-refractivity contribution is 1.14. The molecule has 3 aromatic rings. The van der Waals surface area contributed by atoms with Gasteiger partial charge in [-0.1, -0.05) is 48.5 Å². The first kappa shape index (κ1) is 12.5. The molecule has 2 heteroatoms. The third-order valence-electron chi connectivity index (χ3n) is 3.54. The number of nitrogens with zero attached hydrogens (tertiary/aromatic N) is 2. The molecule has 2 aromatic carbocycles. The minimum atomic E-state index is 0.950. The second-order valence-corrected chi connectivity index (χ2v) is 4.85. The number of hydrogen-bond acceptors (Lipinski definition) is 2. The molecule has 0 bridgehead atoms. The molecule has 98 valence electrons. The highest BCUT2D eigenvalue weighted by atomic mass is 14.8. The Morgan fingerprint density at radius 1 is 0.900 bits per heavy atom. The van der Waals surface area contributed by atoms with E-state index in [9.17, 15) is 0 Å². The predicted octanol–water partition coefficient (Wildman–Crippen LogP) is 4.04. The molecule has 0 aliphatic heterocycles. The van der Waals surface area contributed by atoms with Gasteiger partial charge in [-0.25, -0.2) is 9.97 Å². The van der Waals surface area contributed by atoms with E-state index in [1.54, 1.807) is 12.5 Å². The van der Waals surface area contributed by atoms with E-state index in [1.165, 1.54) is 22.3 Å². The lowest BCUT2D eigenvalue weighted by Gasteiger charge is -2.11. The summed E-state index contributed by atoms with van der Waals surface area (Å²) >= 11 is 0. The second-order valence-electron chi connectivity index (χ2n) is 4.85. The van der Waals surface area contributed by atoms with Crippen LogP contribution in [0, 0.1) is 6.92 Å². The fourth-order valence-corrected chi connectivity index (χ4v) is 2.42. The molecule has 0 amide bonds. The maximum atomic E-state index is 4.35. The van der Waals surface area contributed by atoms with Crippen LogP contribution in [0.3, 0.4) is 0 Å². The van der Waals surface area contributed by atoms with E-state index in [0.29, 0.717) is 0 Å². The van der Waals surface area contributed by atoms with Crippen molar-refractivity contribution in [2.45, 2.75) is 13.3 Å². The molecule has 0 unspecified atom stereocenters. The van der Waals surface area contributed by atoms with Crippen LogP contribution in [0.2, 0.25) is 0 Å². The third kappa shape index (κ3) is 2.59. The van der Waals surface area contributed by atoms with Crippen LogP contribution >= 0.6 is 0 Å². The lowest BCUT2D eigenvalue weighted by Crippen LogP contribution is -1.95. The normalized spacial score (nSPS) is 10.4. The van der Waals surface area contributed by atoms with Crippen LogP contribution in [-0.4, -0.2) is 9.97 Å². The van der Waals surface area contributed by atoms with Crippen molar-refractivity contribution >= 4 is 0 Å². The first-order valence-corrected chi connectivity index (χ1v) is 6.73. The summed E-state index contributed by atoms with van der Waals surface area (Å²) < 4.78 is 0. The molecule has 1 heterocycles. The summed E-state index contributed by atoms with van der Waals surface area (Å²) in [5, 5.41) is 0. The third-order valence-corrected chi connectivity index (χ3v) is 3.54. The second kappa shape index (κ2) is 5.66. The highest BCUT2D eigenvalue weighted by Crippen LogP contribution is 2.25. The average molecular weight is 260 g/mol. The molecule has 0 atom stereocenters. The standard InChI is InChI=1S/C18H16N2/c1-14-16(12-15-6-3-2-4-7-15)8-5-9-17(14)18-10-11-19-13-20-18/h2-11,13H,12H2,1H3. The summed E-state index contributed by atoms with van der Waals surface area (Å²) in [7, 11) is 0. The molecule has 3 rings (SSSR count). The van der Waals surface area contributed by atoms with Crippen molar-refractivity contribution in [1.82, 2.24) is 9.97 Å². The summed E-state index contributed by atoms with van der Waals surface area (Å²) in [6.45, 7) is 2.16. The number of benzene rings is 2.